The molecule has 0 amide bonds. The molecule has 4 aromatic rings. The Hall–Kier alpha value is -3.52. The molecule has 37 heavy (non-hydrogen) atoms. The number of anilines is 2. The molecule has 5 rings (SSSR count). The topological polar surface area (TPSA) is 21.3 Å². The van der Waals surface area contributed by atoms with E-state index >= 15 is 0 Å². The summed E-state index contributed by atoms with van der Waals surface area (Å²) in [5.74, 6) is 1.85. The van der Waals surface area contributed by atoms with Crippen LogP contribution in [0.1, 0.15) is 77.6 Å². The van der Waals surface area contributed by atoms with Crippen molar-refractivity contribution in [2.24, 2.45) is 0 Å². The molecule has 190 valence electrons. The van der Waals surface area contributed by atoms with Crippen molar-refractivity contribution in [2.45, 2.75) is 71.6 Å². The van der Waals surface area contributed by atoms with Gasteiger partial charge in [-0.3, -0.25) is 0 Å². The Morgan fingerprint density at radius 2 is 1.24 bits per heavy atom. The van der Waals surface area contributed by atoms with Gasteiger partial charge in [-0.2, -0.15) is 0 Å². The standard InChI is InChI=1S/C35H39NO/c1-33(2,3)24-15-13-23(14-16-24)27-21-25(34(4,5)6)17-20-30(27)36-26-18-19-29-32(22-26)37-31-12-10-9-11-28(31)35(29,7)8/h9-22,36H,1-8H3. The molecule has 0 unspecified atom stereocenters. The normalized spacial score (nSPS) is 14.4. The van der Waals surface area contributed by atoms with Crippen molar-refractivity contribution < 1.29 is 4.74 Å². The molecule has 0 aromatic heterocycles. The minimum absolute atomic E-state index is 0.0667. The molecule has 1 aliphatic rings. The van der Waals surface area contributed by atoms with E-state index in [0.717, 1.165) is 22.9 Å². The van der Waals surface area contributed by atoms with Crippen LogP contribution in [-0.4, -0.2) is 0 Å². The van der Waals surface area contributed by atoms with Gasteiger partial charge in [-0.25, -0.2) is 0 Å². The third-order valence-electron chi connectivity index (χ3n) is 7.66. The van der Waals surface area contributed by atoms with E-state index in [9.17, 15) is 0 Å². The molecular formula is C35H39NO. The van der Waals surface area contributed by atoms with Gasteiger partial charge in [0, 0.05) is 39.5 Å². The highest BCUT2D eigenvalue weighted by atomic mass is 16.5. The summed E-state index contributed by atoms with van der Waals surface area (Å²) in [5.41, 5.74) is 9.70. The van der Waals surface area contributed by atoms with E-state index in [0.29, 0.717) is 0 Å². The largest absolute Gasteiger partial charge is 0.457 e. The van der Waals surface area contributed by atoms with Crippen LogP contribution in [0, 0.1) is 0 Å². The van der Waals surface area contributed by atoms with Gasteiger partial charge in [0.25, 0.3) is 0 Å². The van der Waals surface area contributed by atoms with E-state index in [2.05, 4.69) is 140 Å². The van der Waals surface area contributed by atoms with Crippen molar-refractivity contribution in [2.75, 3.05) is 5.32 Å². The van der Waals surface area contributed by atoms with Crippen molar-refractivity contribution >= 4 is 11.4 Å². The number of fused-ring (bicyclic) bond motifs is 2. The van der Waals surface area contributed by atoms with Gasteiger partial charge in [-0.15, -0.1) is 0 Å². The second-order valence-corrected chi connectivity index (χ2v) is 12.9. The molecule has 0 fully saturated rings. The molecule has 0 saturated carbocycles. The van der Waals surface area contributed by atoms with Gasteiger partial charge in [0.1, 0.15) is 11.5 Å². The molecule has 4 aromatic carbocycles. The summed E-state index contributed by atoms with van der Waals surface area (Å²) >= 11 is 0. The van der Waals surface area contributed by atoms with Crippen LogP contribution in [0.25, 0.3) is 11.1 Å². The number of benzene rings is 4. The van der Waals surface area contributed by atoms with E-state index in [1.165, 1.54) is 33.4 Å². The van der Waals surface area contributed by atoms with Gasteiger partial charge in [0.15, 0.2) is 0 Å². The Morgan fingerprint density at radius 1 is 0.622 bits per heavy atom. The zero-order valence-corrected chi connectivity index (χ0v) is 23.5. The van der Waals surface area contributed by atoms with Gasteiger partial charge in [-0.1, -0.05) is 110 Å². The van der Waals surface area contributed by atoms with Gasteiger partial charge < -0.3 is 10.1 Å². The molecular weight excluding hydrogens is 450 g/mol. The lowest BCUT2D eigenvalue weighted by Crippen LogP contribution is -2.24. The summed E-state index contributed by atoms with van der Waals surface area (Å²) in [6.07, 6.45) is 0. The second kappa shape index (κ2) is 8.80. The molecule has 0 aliphatic carbocycles. The molecule has 0 bridgehead atoms. The number of hydrogen-bond donors (Lipinski definition) is 1. The second-order valence-electron chi connectivity index (χ2n) is 12.9. The quantitative estimate of drug-likeness (QED) is 0.309. The maximum Gasteiger partial charge on any atom is 0.133 e. The predicted molar refractivity (Wildman–Crippen MR) is 158 cm³/mol. The molecule has 0 atom stereocenters. The average Bonchev–Trinajstić information content (AvgIpc) is 2.83. The lowest BCUT2D eigenvalue weighted by Gasteiger charge is -2.34. The van der Waals surface area contributed by atoms with Crippen LogP contribution in [0.5, 0.6) is 11.5 Å². The van der Waals surface area contributed by atoms with E-state index < -0.39 is 0 Å². The van der Waals surface area contributed by atoms with Gasteiger partial charge in [0.05, 0.1) is 0 Å². The van der Waals surface area contributed by atoms with E-state index in [4.69, 9.17) is 4.74 Å². The summed E-state index contributed by atoms with van der Waals surface area (Å²) < 4.78 is 6.38. The van der Waals surface area contributed by atoms with Gasteiger partial charge in [-0.05, 0) is 51.8 Å². The van der Waals surface area contributed by atoms with Crippen molar-refractivity contribution in [1.82, 2.24) is 0 Å². The first-order valence-corrected chi connectivity index (χ1v) is 13.3. The van der Waals surface area contributed by atoms with Crippen molar-refractivity contribution in [3.63, 3.8) is 0 Å². The van der Waals surface area contributed by atoms with Crippen LogP contribution < -0.4 is 10.1 Å². The number of hydrogen-bond acceptors (Lipinski definition) is 2. The average molecular weight is 490 g/mol. The monoisotopic (exact) mass is 489 g/mol. The van der Waals surface area contributed by atoms with Crippen LogP contribution >= 0.6 is 0 Å². The number of nitrogens with one attached hydrogen (secondary N) is 1. The van der Waals surface area contributed by atoms with Crippen LogP contribution in [-0.2, 0) is 16.2 Å². The summed E-state index contributed by atoms with van der Waals surface area (Å²) in [7, 11) is 0. The summed E-state index contributed by atoms with van der Waals surface area (Å²) in [6.45, 7) is 18.1. The summed E-state index contributed by atoms with van der Waals surface area (Å²) in [4.78, 5) is 0. The number of rotatable bonds is 3. The Morgan fingerprint density at radius 3 is 1.92 bits per heavy atom. The Labute approximate surface area is 222 Å². The first kappa shape index (κ1) is 25.1. The third-order valence-corrected chi connectivity index (χ3v) is 7.66. The van der Waals surface area contributed by atoms with Crippen molar-refractivity contribution in [3.05, 3.63) is 107 Å². The van der Waals surface area contributed by atoms with Crippen LogP contribution in [0.4, 0.5) is 11.4 Å². The molecule has 1 N–H and O–H groups in total. The SMILES string of the molecule is CC(C)(C)c1ccc(-c2cc(C(C)(C)C)ccc2Nc2ccc3c(c2)Oc2ccccc2C3(C)C)cc1. The molecule has 2 nitrogen and oxygen atoms in total. The molecule has 0 saturated heterocycles. The Balaban J connectivity index is 1.54. The molecule has 1 aliphatic heterocycles. The summed E-state index contributed by atoms with van der Waals surface area (Å²) in [5, 5.41) is 3.72. The fraction of sp³-hybridized carbons (Fsp3) is 0.314. The smallest absolute Gasteiger partial charge is 0.133 e. The maximum atomic E-state index is 6.38. The van der Waals surface area contributed by atoms with E-state index in [1.54, 1.807) is 0 Å². The van der Waals surface area contributed by atoms with Gasteiger partial charge >= 0.3 is 0 Å². The van der Waals surface area contributed by atoms with Crippen LogP contribution in [0.3, 0.4) is 0 Å². The minimum Gasteiger partial charge on any atom is -0.457 e. The van der Waals surface area contributed by atoms with E-state index in [1.807, 2.05) is 6.07 Å². The fourth-order valence-electron chi connectivity index (χ4n) is 5.20. The number of ether oxygens (including phenoxy) is 1. The fourth-order valence-corrected chi connectivity index (χ4v) is 5.20. The van der Waals surface area contributed by atoms with Gasteiger partial charge in [0.2, 0.25) is 0 Å². The first-order chi connectivity index (χ1) is 17.3. The van der Waals surface area contributed by atoms with Crippen molar-refractivity contribution in [1.29, 1.82) is 0 Å². The zero-order chi connectivity index (χ0) is 26.6. The molecule has 0 radical (unpaired) electrons. The van der Waals surface area contributed by atoms with E-state index in [-0.39, 0.29) is 16.2 Å². The molecule has 2 heteroatoms. The zero-order valence-electron chi connectivity index (χ0n) is 23.5. The van der Waals surface area contributed by atoms with Crippen LogP contribution in [0.15, 0.2) is 84.9 Å². The molecule has 1 heterocycles. The number of para-hydroxylation sites is 1. The highest BCUT2D eigenvalue weighted by Gasteiger charge is 2.34. The predicted octanol–water partition coefficient (Wildman–Crippen LogP) is 10.1. The molecule has 0 spiro atoms. The third kappa shape index (κ3) is 4.78. The maximum absolute atomic E-state index is 6.38. The Bertz CT molecular complexity index is 1450. The highest BCUT2D eigenvalue weighted by molar-refractivity contribution is 5.82. The lowest BCUT2D eigenvalue weighted by molar-refractivity contribution is 0.418. The van der Waals surface area contributed by atoms with Crippen LogP contribution in [0.2, 0.25) is 0 Å². The minimum atomic E-state index is -0.114. The lowest BCUT2D eigenvalue weighted by atomic mass is 9.76. The van der Waals surface area contributed by atoms with Crippen molar-refractivity contribution in [3.8, 4) is 22.6 Å². The highest BCUT2D eigenvalue weighted by Crippen LogP contribution is 2.48. The first-order valence-electron chi connectivity index (χ1n) is 13.3. The summed E-state index contributed by atoms with van der Waals surface area (Å²) in [6, 6.07) is 30.7. The Kier molecular flexibility index (Phi) is 5.98.